The molecular formula is C15H12INS. The lowest BCUT2D eigenvalue weighted by Gasteiger charge is -2.05. The zero-order chi connectivity index (χ0) is 13.0. The number of nitrogens with zero attached hydrogens (tertiary/aromatic N) is 1. The molecule has 2 aromatic carbocycles. The van der Waals surface area contributed by atoms with Gasteiger partial charge >= 0.3 is 0 Å². The van der Waals surface area contributed by atoms with Gasteiger partial charge in [0.05, 0.1) is 11.6 Å². The van der Waals surface area contributed by atoms with E-state index in [4.69, 9.17) is 5.26 Å². The van der Waals surface area contributed by atoms with Crippen molar-refractivity contribution < 1.29 is 0 Å². The molecule has 3 heteroatoms. The van der Waals surface area contributed by atoms with Crippen LogP contribution in [0.4, 0.5) is 0 Å². The van der Waals surface area contributed by atoms with Crippen molar-refractivity contribution in [1.82, 2.24) is 0 Å². The zero-order valence-electron chi connectivity index (χ0n) is 9.98. The first-order chi connectivity index (χ1) is 8.72. The molecule has 90 valence electrons. The van der Waals surface area contributed by atoms with Gasteiger partial charge in [-0.2, -0.15) is 5.26 Å². The van der Waals surface area contributed by atoms with Crippen LogP contribution in [0.25, 0.3) is 0 Å². The SMILES string of the molecule is CCc1ccc(Sc2ccc(C#N)cc2)cc1I. The van der Waals surface area contributed by atoms with Crippen LogP contribution in [0.15, 0.2) is 52.3 Å². The standard InChI is InChI=1S/C15H12INS/c1-2-12-5-8-14(9-15(12)16)18-13-6-3-11(10-17)4-7-13/h3-9H,2H2,1H3. The van der Waals surface area contributed by atoms with Crippen LogP contribution in [-0.2, 0) is 6.42 Å². The van der Waals surface area contributed by atoms with Gasteiger partial charge < -0.3 is 0 Å². The van der Waals surface area contributed by atoms with Crippen LogP contribution in [0.2, 0.25) is 0 Å². The molecule has 1 nitrogen and oxygen atoms in total. The minimum Gasteiger partial charge on any atom is -0.192 e. The van der Waals surface area contributed by atoms with Crippen molar-refractivity contribution in [3.63, 3.8) is 0 Å². The first-order valence-corrected chi connectivity index (χ1v) is 7.59. The quantitative estimate of drug-likeness (QED) is 0.724. The van der Waals surface area contributed by atoms with Gasteiger partial charge in [0.2, 0.25) is 0 Å². The first-order valence-electron chi connectivity index (χ1n) is 5.69. The molecule has 0 saturated carbocycles. The second kappa shape index (κ2) is 6.26. The van der Waals surface area contributed by atoms with Crippen molar-refractivity contribution in [1.29, 1.82) is 5.26 Å². The van der Waals surface area contributed by atoms with Gasteiger partial charge in [0, 0.05) is 13.4 Å². The lowest BCUT2D eigenvalue weighted by Crippen LogP contribution is -1.86. The Hall–Kier alpha value is -0.990. The molecule has 0 bridgehead atoms. The van der Waals surface area contributed by atoms with Crippen LogP contribution in [0, 0.1) is 14.9 Å². The molecule has 0 spiro atoms. The summed E-state index contributed by atoms with van der Waals surface area (Å²) >= 11 is 4.11. The van der Waals surface area contributed by atoms with Crippen molar-refractivity contribution in [3.05, 3.63) is 57.2 Å². The second-order valence-corrected chi connectivity index (χ2v) is 6.15. The van der Waals surface area contributed by atoms with E-state index in [1.807, 2.05) is 24.3 Å². The van der Waals surface area contributed by atoms with E-state index in [1.54, 1.807) is 11.8 Å². The van der Waals surface area contributed by atoms with Crippen molar-refractivity contribution in [2.24, 2.45) is 0 Å². The van der Waals surface area contributed by atoms with Crippen LogP contribution >= 0.6 is 34.4 Å². The summed E-state index contributed by atoms with van der Waals surface area (Å²) in [7, 11) is 0. The molecule has 2 aromatic rings. The van der Waals surface area contributed by atoms with Gasteiger partial charge in [0.15, 0.2) is 0 Å². The number of rotatable bonds is 3. The topological polar surface area (TPSA) is 23.8 Å². The van der Waals surface area contributed by atoms with Crippen LogP contribution < -0.4 is 0 Å². The average Bonchev–Trinajstić information content (AvgIpc) is 2.40. The van der Waals surface area contributed by atoms with Gasteiger partial charge in [-0.05, 0) is 71.0 Å². The summed E-state index contributed by atoms with van der Waals surface area (Å²) in [6.07, 6.45) is 1.07. The molecule has 0 aliphatic carbocycles. The monoisotopic (exact) mass is 365 g/mol. The normalized spacial score (nSPS) is 10.1. The van der Waals surface area contributed by atoms with Crippen LogP contribution in [0.5, 0.6) is 0 Å². The number of benzene rings is 2. The Labute approximate surface area is 125 Å². The van der Waals surface area contributed by atoms with E-state index in [0.717, 1.165) is 11.3 Å². The highest BCUT2D eigenvalue weighted by Gasteiger charge is 2.02. The van der Waals surface area contributed by atoms with E-state index in [-0.39, 0.29) is 0 Å². The third-order valence-electron chi connectivity index (χ3n) is 2.62. The molecule has 0 N–H and O–H groups in total. The maximum atomic E-state index is 8.75. The van der Waals surface area contributed by atoms with Gasteiger partial charge in [-0.1, -0.05) is 24.8 Å². The Morgan fingerprint density at radius 1 is 1.11 bits per heavy atom. The van der Waals surface area contributed by atoms with E-state index < -0.39 is 0 Å². The largest absolute Gasteiger partial charge is 0.192 e. The van der Waals surface area contributed by atoms with E-state index in [0.29, 0.717) is 5.56 Å². The molecule has 18 heavy (non-hydrogen) atoms. The van der Waals surface area contributed by atoms with Crippen LogP contribution in [-0.4, -0.2) is 0 Å². The third kappa shape index (κ3) is 3.27. The molecule has 0 heterocycles. The van der Waals surface area contributed by atoms with Gasteiger partial charge in [0.25, 0.3) is 0 Å². The van der Waals surface area contributed by atoms with Gasteiger partial charge in [-0.15, -0.1) is 0 Å². The number of nitriles is 1. The van der Waals surface area contributed by atoms with Crippen molar-refractivity contribution >= 4 is 34.4 Å². The van der Waals surface area contributed by atoms with E-state index in [1.165, 1.54) is 14.0 Å². The van der Waals surface area contributed by atoms with Gasteiger partial charge in [-0.25, -0.2) is 0 Å². The first kappa shape index (κ1) is 13.4. The fourth-order valence-electron chi connectivity index (χ4n) is 1.61. The number of aryl methyl sites for hydroxylation is 1. The minimum atomic E-state index is 0.704. The summed E-state index contributed by atoms with van der Waals surface area (Å²) in [5, 5.41) is 8.75. The Bertz CT molecular complexity index is 584. The molecule has 0 radical (unpaired) electrons. The molecule has 0 aliphatic rings. The number of hydrogen-bond donors (Lipinski definition) is 0. The van der Waals surface area contributed by atoms with Gasteiger partial charge in [0.1, 0.15) is 0 Å². The Morgan fingerprint density at radius 2 is 1.78 bits per heavy atom. The fourth-order valence-corrected chi connectivity index (χ4v) is 3.58. The highest BCUT2D eigenvalue weighted by molar-refractivity contribution is 14.1. The summed E-state index contributed by atoms with van der Waals surface area (Å²) in [6.45, 7) is 2.17. The Morgan fingerprint density at radius 3 is 2.33 bits per heavy atom. The molecule has 0 fully saturated rings. The summed E-state index contributed by atoms with van der Waals surface area (Å²) in [5.74, 6) is 0. The minimum absolute atomic E-state index is 0.704. The van der Waals surface area contributed by atoms with Crippen molar-refractivity contribution in [2.45, 2.75) is 23.1 Å². The summed E-state index contributed by atoms with van der Waals surface area (Å²) in [6, 6.07) is 16.4. The zero-order valence-corrected chi connectivity index (χ0v) is 13.0. The molecular weight excluding hydrogens is 353 g/mol. The average molecular weight is 365 g/mol. The van der Waals surface area contributed by atoms with Crippen molar-refractivity contribution in [3.8, 4) is 6.07 Å². The molecule has 0 aromatic heterocycles. The lowest BCUT2D eigenvalue weighted by molar-refractivity contribution is 1.11. The second-order valence-electron chi connectivity index (χ2n) is 3.85. The fraction of sp³-hybridized carbons (Fsp3) is 0.133. The number of halogens is 1. The summed E-state index contributed by atoms with van der Waals surface area (Å²) < 4.78 is 1.31. The third-order valence-corrected chi connectivity index (χ3v) is 4.63. The van der Waals surface area contributed by atoms with Crippen molar-refractivity contribution in [2.75, 3.05) is 0 Å². The van der Waals surface area contributed by atoms with E-state index in [9.17, 15) is 0 Å². The van der Waals surface area contributed by atoms with E-state index in [2.05, 4.69) is 53.8 Å². The maximum Gasteiger partial charge on any atom is 0.0991 e. The number of hydrogen-bond acceptors (Lipinski definition) is 2. The molecule has 2 rings (SSSR count). The van der Waals surface area contributed by atoms with Crippen LogP contribution in [0.3, 0.4) is 0 Å². The predicted molar refractivity (Wildman–Crippen MR) is 83.8 cm³/mol. The Kier molecular flexibility index (Phi) is 4.67. The summed E-state index contributed by atoms with van der Waals surface area (Å²) in [4.78, 5) is 2.40. The van der Waals surface area contributed by atoms with Gasteiger partial charge in [-0.3, -0.25) is 0 Å². The Balaban J connectivity index is 2.18. The maximum absolute atomic E-state index is 8.75. The van der Waals surface area contributed by atoms with E-state index >= 15 is 0 Å². The summed E-state index contributed by atoms with van der Waals surface area (Å²) in [5.41, 5.74) is 2.09. The predicted octanol–water partition coefficient (Wildman–Crippen LogP) is 4.88. The highest BCUT2D eigenvalue weighted by atomic mass is 127. The molecule has 0 unspecified atom stereocenters. The molecule has 0 saturated heterocycles. The molecule has 0 atom stereocenters. The lowest BCUT2D eigenvalue weighted by atomic mass is 10.2. The highest BCUT2D eigenvalue weighted by Crippen LogP contribution is 2.29. The van der Waals surface area contributed by atoms with Crippen LogP contribution in [0.1, 0.15) is 18.1 Å². The smallest absolute Gasteiger partial charge is 0.0991 e. The molecule has 0 amide bonds. The molecule has 0 aliphatic heterocycles.